The molecule has 1 atom stereocenters. The lowest BCUT2D eigenvalue weighted by atomic mass is 10.1. The average Bonchev–Trinajstić information content (AvgIpc) is 2.30. The first-order valence-corrected chi connectivity index (χ1v) is 6.15. The molecule has 0 aliphatic rings. The fourth-order valence-electron chi connectivity index (χ4n) is 1.94. The van der Waals surface area contributed by atoms with Crippen molar-refractivity contribution in [2.24, 2.45) is 0 Å². The van der Waals surface area contributed by atoms with Crippen molar-refractivity contribution in [3.63, 3.8) is 0 Å². The number of aryl methyl sites for hydroxylation is 1. The number of nitrogen functional groups attached to an aromatic ring is 1. The molecule has 0 bridgehead atoms. The molecule has 0 saturated carbocycles. The first kappa shape index (κ1) is 13.3. The highest BCUT2D eigenvalue weighted by atomic mass is 19.1. The monoisotopic (exact) mass is 260 g/mol. The third kappa shape index (κ3) is 3.91. The Hall–Kier alpha value is -2.17. The number of anilines is 2. The van der Waals surface area contributed by atoms with Crippen molar-refractivity contribution < 1.29 is 4.39 Å². The summed E-state index contributed by atoms with van der Waals surface area (Å²) < 4.78 is 12.8. The molecule has 0 aliphatic carbocycles. The number of nitrogens with one attached hydrogen (secondary N) is 1. The molecule has 2 aromatic rings. The van der Waals surface area contributed by atoms with Gasteiger partial charge in [-0.05, 0) is 38.0 Å². The number of aromatic nitrogens is 2. The number of hydrogen-bond donors (Lipinski definition) is 2. The molecule has 3 N–H and O–H groups in total. The lowest BCUT2D eigenvalue weighted by Gasteiger charge is -2.15. The predicted octanol–water partition coefficient (Wildman–Crippen LogP) is 2.55. The van der Waals surface area contributed by atoms with Gasteiger partial charge < -0.3 is 11.1 Å². The van der Waals surface area contributed by atoms with E-state index in [4.69, 9.17) is 5.73 Å². The fraction of sp³-hybridized carbons (Fsp3) is 0.286. The van der Waals surface area contributed by atoms with Crippen molar-refractivity contribution in [3.8, 4) is 0 Å². The van der Waals surface area contributed by atoms with Crippen LogP contribution in [0.15, 0.2) is 30.3 Å². The second-order valence-corrected chi connectivity index (χ2v) is 4.63. The van der Waals surface area contributed by atoms with Crippen LogP contribution >= 0.6 is 0 Å². The predicted molar refractivity (Wildman–Crippen MR) is 74.4 cm³/mol. The molecule has 0 spiro atoms. The maximum Gasteiger partial charge on any atom is 0.222 e. The molecule has 100 valence electrons. The molecular weight excluding hydrogens is 243 g/mol. The van der Waals surface area contributed by atoms with E-state index < -0.39 is 0 Å². The minimum atomic E-state index is -0.219. The van der Waals surface area contributed by atoms with Gasteiger partial charge in [-0.2, -0.15) is 4.98 Å². The van der Waals surface area contributed by atoms with Gasteiger partial charge in [-0.1, -0.05) is 12.1 Å². The first-order chi connectivity index (χ1) is 9.02. The van der Waals surface area contributed by atoms with Crippen LogP contribution in [0.5, 0.6) is 0 Å². The molecule has 0 aliphatic heterocycles. The summed E-state index contributed by atoms with van der Waals surface area (Å²) in [6.45, 7) is 3.91. The fourth-order valence-corrected chi connectivity index (χ4v) is 1.94. The lowest BCUT2D eigenvalue weighted by molar-refractivity contribution is 0.626. The smallest absolute Gasteiger partial charge is 0.222 e. The summed E-state index contributed by atoms with van der Waals surface area (Å²) in [5.41, 5.74) is 7.49. The molecule has 1 aromatic carbocycles. The van der Waals surface area contributed by atoms with Crippen molar-refractivity contribution >= 4 is 11.8 Å². The average molecular weight is 260 g/mol. The summed E-state index contributed by atoms with van der Waals surface area (Å²) in [5.74, 6) is 0.750. The molecular formula is C14H17FN4. The Morgan fingerprint density at radius 1 is 1.26 bits per heavy atom. The number of rotatable bonds is 4. The molecule has 5 heteroatoms. The molecule has 1 aromatic heterocycles. The molecule has 0 saturated heterocycles. The largest absolute Gasteiger partial charge is 0.368 e. The summed E-state index contributed by atoms with van der Waals surface area (Å²) >= 11 is 0. The molecule has 0 amide bonds. The van der Waals surface area contributed by atoms with Gasteiger partial charge in [0.2, 0.25) is 5.95 Å². The van der Waals surface area contributed by atoms with Crippen molar-refractivity contribution in [1.82, 2.24) is 9.97 Å². The quantitative estimate of drug-likeness (QED) is 0.886. The summed E-state index contributed by atoms with van der Waals surface area (Å²) in [5, 5.41) is 3.26. The van der Waals surface area contributed by atoms with Crippen LogP contribution in [0.25, 0.3) is 0 Å². The second kappa shape index (κ2) is 5.65. The van der Waals surface area contributed by atoms with E-state index in [0.29, 0.717) is 5.82 Å². The first-order valence-electron chi connectivity index (χ1n) is 6.15. The van der Waals surface area contributed by atoms with Crippen LogP contribution in [0.2, 0.25) is 0 Å². The Morgan fingerprint density at radius 2 is 1.95 bits per heavy atom. The zero-order valence-electron chi connectivity index (χ0n) is 11.0. The normalized spacial score (nSPS) is 12.2. The van der Waals surface area contributed by atoms with E-state index in [9.17, 15) is 4.39 Å². The third-order valence-electron chi connectivity index (χ3n) is 2.72. The Bertz CT molecular complexity index is 534. The minimum absolute atomic E-state index is 0.166. The Labute approximate surface area is 111 Å². The summed E-state index contributed by atoms with van der Waals surface area (Å²) in [6, 6.07) is 8.51. The number of nitrogens with zero attached hydrogens (tertiary/aromatic N) is 2. The maximum atomic E-state index is 12.8. The van der Waals surface area contributed by atoms with E-state index in [2.05, 4.69) is 15.3 Å². The van der Waals surface area contributed by atoms with E-state index in [-0.39, 0.29) is 17.8 Å². The molecule has 0 fully saturated rings. The number of benzene rings is 1. The van der Waals surface area contributed by atoms with Gasteiger partial charge in [0.05, 0.1) is 0 Å². The van der Waals surface area contributed by atoms with E-state index in [1.54, 1.807) is 12.1 Å². The van der Waals surface area contributed by atoms with Gasteiger partial charge >= 0.3 is 0 Å². The minimum Gasteiger partial charge on any atom is -0.368 e. The number of halogens is 1. The highest BCUT2D eigenvalue weighted by Gasteiger charge is 2.06. The zero-order chi connectivity index (χ0) is 13.8. The molecule has 2 rings (SSSR count). The van der Waals surface area contributed by atoms with Gasteiger partial charge in [-0.3, -0.25) is 0 Å². The van der Waals surface area contributed by atoms with E-state index in [1.807, 2.05) is 19.9 Å². The highest BCUT2D eigenvalue weighted by molar-refractivity contribution is 5.41. The van der Waals surface area contributed by atoms with Crippen molar-refractivity contribution in [2.75, 3.05) is 11.1 Å². The van der Waals surface area contributed by atoms with E-state index in [0.717, 1.165) is 17.7 Å². The van der Waals surface area contributed by atoms with Gasteiger partial charge in [-0.25, -0.2) is 9.37 Å². The summed E-state index contributed by atoms with van der Waals surface area (Å²) in [6.07, 6.45) is 0.781. The molecule has 4 nitrogen and oxygen atoms in total. The van der Waals surface area contributed by atoms with Gasteiger partial charge in [0.25, 0.3) is 0 Å². The van der Waals surface area contributed by atoms with Crippen LogP contribution in [-0.4, -0.2) is 16.0 Å². The van der Waals surface area contributed by atoms with Gasteiger partial charge in [0.1, 0.15) is 11.6 Å². The van der Waals surface area contributed by atoms with E-state index in [1.165, 1.54) is 12.1 Å². The molecule has 1 unspecified atom stereocenters. The Morgan fingerprint density at radius 3 is 2.58 bits per heavy atom. The third-order valence-corrected chi connectivity index (χ3v) is 2.72. The van der Waals surface area contributed by atoms with Crippen molar-refractivity contribution in [3.05, 3.63) is 47.4 Å². The summed E-state index contributed by atoms with van der Waals surface area (Å²) in [4.78, 5) is 8.15. The van der Waals surface area contributed by atoms with Gasteiger partial charge in [0, 0.05) is 17.8 Å². The van der Waals surface area contributed by atoms with Crippen molar-refractivity contribution in [2.45, 2.75) is 26.3 Å². The van der Waals surface area contributed by atoms with Crippen LogP contribution in [0.3, 0.4) is 0 Å². The van der Waals surface area contributed by atoms with E-state index >= 15 is 0 Å². The molecule has 1 heterocycles. The van der Waals surface area contributed by atoms with Gasteiger partial charge in [-0.15, -0.1) is 0 Å². The highest BCUT2D eigenvalue weighted by Crippen LogP contribution is 2.12. The summed E-state index contributed by atoms with van der Waals surface area (Å²) in [7, 11) is 0. The van der Waals surface area contributed by atoms with Gasteiger partial charge in [0.15, 0.2) is 0 Å². The van der Waals surface area contributed by atoms with Crippen LogP contribution in [0.4, 0.5) is 16.2 Å². The topological polar surface area (TPSA) is 63.8 Å². The SMILES string of the molecule is Cc1cc(NC(C)Cc2ccc(F)cc2)nc(N)n1. The van der Waals surface area contributed by atoms with Crippen LogP contribution in [0, 0.1) is 12.7 Å². The molecule has 19 heavy (non-hydrogen) atoms. The number of hydrogen-bond acceptors (Lipinski definition) is 4. The van der Waals surface area contributed by atoms with Crippen molar-refractivity contribution in [1.29, 1.82) is 0 Å². The van der Waals surface area contributed by atoms with Crippen LogP contribution in [0.1, 0.15) is 18.2 Å². The standard InChI is InChI=1S/C14H17FN4/c1-9(7-11-3-5-12(15)6-4-11)17-13-8-10(2)18-14(16)19-13/h3-6,8-9H,7H2,1-2H3,(H3,16,17,18,19). The zero-order valence-corrected chi connectivity index (χ0v) is 11.0. The van der Waals surface area contributed by atoms with Crippen LogP contribution < -0.4 is 11.1 Å². The second-order valence-electron chi connectivity index (χ2n) is 4.63. The lowest BCUT2D eigenvalue weighted by Crippen LogP contribution is -2.19. The maximum absolute atomic E-state index is 12.8. The number of nitrogens with two attached hydrogens (primary N) is 1. The Kier molecular flexibility index (Phi) is 3.94. The van der Waals surface area contributed by atoms with Crippen LogP contribution in [-0.2, 0) is 6.42 Å². The Balaban J connectivity index is 2.00. The molecule has 0 radical (unpaired) electrons.